The van der Waals surface area contributed by atoms with E-state index in [2.05, 4.69) is 124 Å². The molecular formula is C49H92N6. The molecule has 0 amide bonds. The maximum Gasteiger partial charge on any atom is 0.0407 e. The maximum atomic E-state index is 4.34. The topological polar surface area (TPSA) is 38.7 Å². The lowest BCUT2D eigenvalue weighted by atomic mass is 9.95. The highest BCUT2D eigenvalue weighted by molar-refractivity contribution is 5.21. The van der Waals surface area contributed by atoms with Crippen molar-refractivity contribution in [3.63, 3.8) is 0 Å². The molecule has 0 spiro atoms. The van der Waals surface area contributed by atoms with Gasteiger partial charge in [0.25, 0.3) is 0 Å². The van der Waals surface area contributed by atoms with Crippen molar-refractivity contribution in [2.75, 3.05) is 80.5 Å². The highest BCUT2D eigenvalue weighted by atomic mass is 15.1. The van der Waals surface area contributed by atoms with Crippen LogP contribution in [0, 0.1) is 44.4 Å². The lowest BCUT2D eigenvalue weighted by Crippen LogP contribution is -2.31. The van der Waals surface area contributed by atoms with E-state index in [1.54, 1.807) is 0 Å². The molecule has 2 unspecified atom stereocenters. The van der Waals surface area contributed by atoms with Crippen LogP contribution >= 0.6 is 0 Å². The molecule has 2 aromatic heterocycles. The zero-order valence-electron chi connectivity index (χ0n) is 38.9. The average molecular weight is 765 g/mol. The normalized spacial score (nSPS) is 21.5. The zero-order chi connectivity index (χ0) is 41.0. The largest absolute Gasteiger partial charge is 0.306 e. The van der Waals surface area contributed by atoms with Gasteiger partial charge in [-0.05, 0) is 199 Å². The molecule has 4 fully saturated rings. The van der Waals surface area contributed by atoms with Crippen molar-refractivity contribution >= 4 is 0 Å². The third-order valence-corrected chi connectivity index (χ3v) is 12.5. The summed E-state index contributed by atoms with van der Waals surface area (Å²) in [4.78, 5) is 18.2. The summed E-state index contributed by atoms with van der Waals surface area (Å²) in [6, 6.07) is 8.37. The first-order chi connectivity index (χ1) is 26.4. The molecule has 4 aliphatic heterocycles. The minimum atomic E-state index is 0.990. The third-order valence-electron chi connectivity index (χ3n) is 12.5. The Balaban J connectivity index is 0.000000330. The Morgan fingerprint density at radius 3 is 1.24 bits per heavy atom. The van der Waals surface area contributed by atoms with Crippen LogP contribution in [0.4, 0.5) is 0 Å². The Bertz CT molecular complexity index is 1120. The fourth-order valence-corrected chi connectivity index (χ4v) is 7.95. The summed E-state index contributed by atoms with van der Waals surface area (Å²) in [6.45, 7) is 30.1. The van der Waals surface area contributed by atoms with Crippen LogP contribution in [0.3, 0.4) is 0 Å². The Hall–Kier alpha value is -1.86. The van der Waals surface area contributed by atoms with Crippen LogP contribution in [0.15, 0.2) is 30.5 Å². The predicted molar refractivity (Wildman–Crippen MR) is 243 cm³/mol. The molecule has 318 valence electrons. The van der Waals surface area contributed by atoms with Crippen molar-refractivity contribution in [2.24, 2.45) is 23.7 Å². The second-order valence-electron chi connectivity index (χ2n) is 17.4. The van der Waals surface area contributed by atoms with Gasteiger partial charge in [-0.25, -0.2) is 0 Å². The summed E-state index contributed by atoms with van der Waals surface area (Å²) in [5.41, 5.74) is 6.02. The van der Waals surface area contributed by atoms with Gasteiger partial charge in [-0.15, -0.1) is 0 Å². The molecule has 6 heterocycles. The SMILES string of the molecule is CCC1CCCN(C)C1.CCC1CCCN(C)C1.CCC1CCN(C)CC1.CCC1CCN(C)CC1.CCc1ccc(C)nc1.CCc1ccc(C)nc1C. The van der Waals surface area contributed by atoms with Crippen molar-refractivity contribution in [3.8, 4) is 0 Å². The lowest BCUT2D eigenvalue weighted by molar-refractivity contribution is 0.206. The molecule has 6 heteroatoms. The van der Waals surface area contributed by atoms with Crippen LogP contribution in [-0.4, -0.2) is 110 Å². The molecule has 0 saturated carbocycles. The van der Waals surface area contributed by atoms with E-state index in [4.69, 9.17) is 0 Å². The number of aryl methyl sites for hydroxylation is 5. The molecule has 0 aliphatic carbocycles. The number of aromatic nitrogens is 2. The van der Waals surface area contributed by atoms with Crippen molar-refractivity contribution < 1.29 is 0 Å². The highest BCUT2D eigenvalue weighted by Gasteiger charge is 2.16. The first-order valence-electron chi connectivity index (χ1n) is 23.0. The van der Waals surface area contributed by atoms with Gasteiger partial charge < -0.3 is 19.6 Å². The minimum Gasteiger partial charge on any atom is -0.306 e. The first-order valence-corrected chi connectivity index (χ1v) is 23.0. The van der Waals surface area contributed by atoms with Crippen molar-refractivity contribution in [2.45, 2.75) is 152 Å². The summed E-state index contributed by atoms with van der Waals surface area (Å²) >= 11 is 0. The van der Waals surface area contributed by atoms with E-state index < -0.39 is 0 Å². The van der Waals surface area contributed by atoms with Gasteiger partial charge in [0.05, 0.1) is 0 Å². The Morgan fingerprint density at radius 2 is 0.927 bits per heavy atom. The van der Waals surface area contributed by atoms with Crippen LogP contribution in [-0.2, 0) is 12.8 Å². The molecular weight excluding hydrogens is 673 g/mol. The van der Waals surface area contributed by atoms with E-state index in [0.29, 0.717) is 0 Å². The molecule has 2 aromatic rings. The molecule has 6 nitrogen and oxygen atoms in total. The van der Waals surface area contributed by atoms with Gasteiger partial charge >= 0.3 is 0 Å². The van der Waals surface area contributed by atoms with Gasteiger partial charge in [0.1, 0.15) is 0 Å². The minimum absolute atomic E-state index is 0.990. The number of hydrogen-bond acceptors (Lipinski definition) is 6. The van der Waals surface area contributed by atoms with E-state index in [-0.39, 0.29) is 0 Å². The Morgan fingerprint density at radius 1 is 0.491 bits per heavy atom. The van der Waals surface area contributed by atoms with Crippen LogP contribution in [0.1, 0.15) is 147 Å². The van der Waals surface area contributed by atoms with E-state index >= 15 is 0 Å². The Kier molecular flexibility index (Phi) is 29.0. The van der Waals surface area contributed by atoms with Crippen molar-refractivity contribution in [3.05, 3.63) is 58.7 Å². The average Bonchev–Trinajstić information content (AvgIpc) is 3.20. The highest BCUT2D eigenvalue weighted by Crippen LogP contribution is 2.20. The summed E-state index contributed by atoms with van der Waals surface area (Å²) in [5.74, 6) is 4.04. The van der Waals surface area contributed by atoms with Crippen molar-refractivity contribution in [1.29, 1.82) is 0 Å². The zero-order valence-corrected chi connectivity index (χ0v) is 38.9. The molecule has 2 atom stereocenters. The van der Waals surface area contributed by atoms with E-state index in [9.17, 15) is 0 Å². The summed E-state index contributed by atoms with van der Waals surface area (Å²) < 4.78 is 0. The van der Waals surface area contributed by atoms with Crippen molar-refractivity contribution in [1.82, 2.24) is 29.6 Å². The van der Waals surface area contributed by atoms with Gasteiger partial charge in [-0.2, -0.15) is 0 Å². The molecule has 4 saturated heterocycles. The number of pyridine rings is 2. The smallest absolute Gasteiger partial charge is 0.0407 e. The lowest BCUT2D eigenvalue weighted by Gasteiger charge is -2.28. The number of piperidine rings is 4. The predicted octanol–water partition coefficient (Wildman–Crippen LogP) is 11.2. The number of nitrogens with zero attached hydrogens (tertiary/aromatic N) is 6. The monoisotopic (exact) mass is 765 g/mol. The second-order valence-corrected chi connectivity index (χ2v) is 17.4. The summed E-state index contributed by atoms with van der Waals surface area (Å²) in [5, 5.41) is 0. The molecule has 0 N–H and O–H groups in total. The fourth-order valence-electron chi connectivity index (χ4n) is 7.95. The first kappa shape index (κ1) is 51.2. The van der Waals surface area contributed by atoms with Gasteiger partial charge in [0, 0.05) is 36.4 Å². The van der Waals surface area contributed by atoms with Crippen LogP contribution in [0.5, 0.6) is 0 Å². The molecule has 0 radical (unpaired) electrons. The van der Waals surface area contributed by atoms with E-state index in [1.165, 1.54) is 146 Å². The second kappa shape index (κ2) is 31.2. The fraction of sp³-hybridized carbons (Fsp3) is 0.796. The maximum absolute atomic E-state index is 4.34. The molecule has 0 bridgehead atoms. The Labute approximate surface area is 343 Å². The van der Waals surface area contributed by atoms with Crippen LogP contribution in [0.2, 0.25) is 0 Å². The summed E-state index contributed by atoms with van der Waals surface area (Å²) in [6.07, 6.45) is 21.0. The van der Waals surface area contributed by atoms with Crippen LogP contribution < -0.4 is 0 Å². The van der Waals surface area contributed by atoms with E-state index in [1.807, 2.05) is 26.1 Å². The number of hydrogen-bond donors (Lipinski definition) is 0. The number of rotatable bonds is 6. The van der Waals surface area contributed by atoms with Gasteiger partial charge in [0.15, 0.2) is 0 Å². The quantitative estimate of drug-likeness (QED) is 0.292. The number of likely N-dealkylation sites (tertiary alicyclic amines) is 4. The van der Waals surface area contributed by atoms with Gasteiger partial charge in [-0.3, -0.25) is 9.97 Å². The van der Waals surface area contributed by atoms with E-state index in [0.717, 1.165) is 47.9 Å². The third kappa shape index (κ3) is 24.5. The van der Waals surface area contributed by atoms with Crippen LogP contribution in [0.25, 0.3) is 0 Å². The van der Waals surface area contributed by atoms with Gasteiger partial charge in [-0.1, -0.05) is 79.4 Å². The summed E-state index contributed by atoms with van der Waals surface area (Å²) in [7, 11) is 8.88. The molecule has 6 rings (SSSR count). The molecule has 0 aromatic carbocycles. The molecule has 4 aliphatic rings. The van der Waals surface area contributed by atoms with Gasteiger partial charge in [0.2, 0.25) is 0 Å². The molecule has 55 heavy (non-hydrogen) atoms. The standard InChI is InChI=1S/C9H13N.2C8H17N.C8H11N.2C8H17N/c1-4-9-6-5-7(2)10-8(9)3;2*1-3-8-4-6-9(2)7-5-8;1-3-8-5-4-7(2)9-6-8;2*1-3-8-5-4-6-9(2)7-8/h5-6H,4H2,1-3H3;2*8H,3-7H2,1-2H3;4-6H,3H2,1-2H3;2*8H,3-7H2,1-2H3.